The summed E-state index contributed by atoms with van der Waals surface area (Å²) in [5.41, 5.74) is 1.93. The minimum Gasteiger partial charge on any atom is -0.300 e. The van der Waals surface area contributed by atoms with E-state index < -0.39 is 17.9 Å². The number of carbonyl (C=O) groups excluding carboxylic acids is 2. The summed E-state index contributed by atoms with van der Waals surface area (Å²) in [5, 5.41) is 23.5. The average molecular weight is 343 g/mol. The van der Waals surface area contributed by atoms with Gasteiger partial charge in [-0.15, -0.1) is 11.3 Å². The highest BCUT2D eigenvalue weighted by molar-refractivity contribution is 7.13. The SMILES string of the molecule is CC(=O)N(O)C(CCCCN=C(C)NO)C(=O)Nc1nccs1. The summed E-state index contributed by atoms with van der Waals surface area (Å²) in [4.78, 5) is 31.5. The van der Waals surface area contributed by atoms with Crippen LogP contribution < -0.4 is 10.8 Å². The Kier molecular flexibility index (Phi) is 8.16. The van der Waals surface area contributed by atoms with E-state index in [1.54, 1.807) is 18.5 Å². The lowest BCUT2D eigenvalue weighted by Gasteiger charge is -2.23. The van der Waals surface area contributed by atoms with Crippen molar-refractivity contribution in [3.8, 4) is 0 Å². The Morgan fingerprint density at radius 3 is 2.74 bits per heavy atom. The van der Waals surface area contributed by atoms with Crippen molar-refractivity contribution in [2.75, 3.05) is 11.9 Å². The first-order valence-electron chi connectivity index (χ1n) is 7.06. The van der Waals surface area contributed by atoms with Gasteiger partial charge in [0.05, 0.1) is 0 Å². The van der Waals surface area contributed by atoms with Crippen molar-refractivity contribution in [1.29, 1.82) is 0 Å². The summed E-state index contributed by atoms with van der Waals surface area (Å²) in [6.45, 7) is 3.27. The number of nitrogens with zero attached hydrogens (tertiary/aromatic N) is 3. The van der Waals surface area contributed by atoms with Crippen LogP contribution in [0.5, 0.6) is 0 Å². The van der Waals surface area contributed by atoms with Crippen molar-refractivity contribution in [1.82, 2.24) is 15.5 Å². The Hall–Kier alpha value is -2.04. The van der Waals surface area contributed by atoms with Gasteiger partial charge in [0.1, 0.15) is 11.9 Å². The second kappa shape index (κ2) is 9.87. The van der Waals surface area contributed by atoms with Gasteiger partial charge in [-0.05, 0) is 26.2 Å². The number of unbranched alkanes of at least 4 members (excludes halogenated alkanes) is 1. The summed E-state index contributed by atoms with van der Waals surface area (Å²) in [6.07, 6.45) is 3.05. The number of hydrogen-bond acceptors (Lipinski definition) is 7. The molecule has 1 rings (SSSR count). The lowest BCUT2D eigenvalue weighted by molar-refractivity contribution is -0.176. The number of carbonyl (C=O) groups is 2. The van der Waals surface area contributed by atoms with E-state index in [0.717, 1.165) is 0 Å². The highest BCUT2D eigenvalue weighted by atomic mass is 32.1. The highest BCUT2D eigenvalue weighted by Crippen LogP contribution is 2.14. The molecule has 0 aliphatic carbocycles. The van der Waals surface area contributed by atoms with Crippen molar-refractivity contribution < 1.29 is 20.0 Å². The normalized spacial score (nSPS) is 12.6. The van der Waals surface area contributed by atoms with Gasteiger partial charge in [0.15, 0.2) is 5.13 Å². The van der Waals surface area contributed by atoms with Crippen molar-refractivity contribution in [2.45, 2.75) is 39.2 Å². The first-order chi connectivity index (χ1) is 11.0. The summed E-state index contributed by atoms with van der Waals surface area (Å²) < 4.78 is 0. The van der Waals surface area contributed by atoms with Crippen LogP contribution in [0.4, 0.5) is 5.13 Å². The number of aromatic nitrogens is 1. The summed E-state index contributed by atoms with van der Waals surface area (Å²) in [6, 6.07) is -0.988. The van der Waals surface area contributed by atoms with Crippen molar-refractivity contribution in [3.63, 3.8) is 0 Å². The number of hydrogen-bond donors (Lipinski definition) is 4. The van der Waals surface area contributed by atoms with E-state index in [0.29, 0.717) is 35.4 Å². The Labute approximate surface area is 138 Å². The summed E-state index contributed by atoms with van der Waals surface area (Å²) >= 11 is 1.25. The first kappa shape index (κ1) is 19.0. The lowest BCUT2D eigenvalue weighted by atomic mass is 10.1. The van der Waals surface area contributed by atoms with Gasteiger partial charge in [0.2, 0.25) is 5.91 Å². The molecule has 128 valence electrons. The molecule has 0 fully saturated rings. The number of anilines is 1. The molecule has 1 atom stereocenters. The topological polar surface area (TPSA) is 127 Å². The fourth-order valence-electron chi connectivity index (χ4n) is 1.79. The molecule has 0 saturated heterocycles. The van der Waals surface area contributed by atoms with Crippen LogP contribution in [0.3, 0.4) is 0 Å². The summed E-state index contributed by atoms with van der Waals surface area (Å²) in [7, 11) is 0. The highest BCUT2D eigenvalue weighted by Gasteiger charge is 2.27. The molecule has 0 spiro atoms. The number of amidine groups is 1. The van der Waals surface area contributed by atoms with E-state index in [-0.39, 0.29) is 6.42 Å². The fraction of sp³-hybridized carbons (Fsp3) is 0.538. The van der Waals surface area contributed by atoms with Crippen LogP contribution in [-0.4, -0.2) is 50.7 Å². The van der Waals surface area contributed by atoms with E-state index in [4.69, 9.17) is 5.21 Å². The van der Waals surface area contributed by atoms with Crippen LogP contribution in [-0.2, 0) is 9.59 Å². The molecule has 2 amide bonds. The van der Waals surface area contributed by atoms with Gasteiger partial charge in [-0.25, -0.2) is 10.0 Å². The largest absolute Gasteiger partial charge is 0.300 e. The average Bonchev–Trinajstić information content (AvgIpc) is 3.02. The Morgan fingerprint density at radius 2 is 2.17 bits per heavy atom. The maximum atomic E-state index is 12.2. The molecule has 1 aromatic rings. The minimum atomic E-state index is -0.988. The van der Waals surface area contributed by atoms with Crippen LogP contribution in [0.25, 0.3) is 0 Å². The van der Waals surface area contributed by atoms with Crippen LogP contribution in [0.1, 0.15) is 33.1 Å². The number of hydroxylamine groups is 3. The Morgan fingerprint density at radius 1 is 1.43 bits per heavy atom. The number of aliphatic imine (C=N–C) groups is 1. The van der Waals surface area contributed by atoms with Crippen molar-refractivity contribution in [2.24, 2.45) is 4.99 Å². The number of nitrogens with one attached hydrogen (secondary N) is 2. The molecule has 0 saturated carbocycles. The van der Waals surface area contributed by atoms with Gasteiger partial charge < -0.3 is 5.32 Å². The molecule has 1 unspecified atom stereocenters. The zero-order chi connectivity index (χ0) is 17.2. The molecule has 1 aromatic heterocycles. The van der Waals surface area contributed by atoms with Gasteiger partial charge in [0, 0.05) is 25.0 Å². The molecule has 0 bridgehead atoms. The molecule has 9 nitrogen and oxygen atoms in total. The fourth-order valence-corrected chi connectivity index (χ4v) is 2.32. The molecule has 10 heteroatoms. The predicted octanol–water partition coefficient (Wildman–Crippen LogP) is 1.26. The lowest BCUT2D eigenvalue weighted by Crippen LogP contribution is -2.44. The van der Waals surface area contributed by atoms with E-state index >= 15 is 0 Å². The molecule has 0 aromatic carbocycles. The molecule has 0 aliphatic rings. The molecule has 23 heavy (non-hydrogen) atoms. The number of thiazole rings is 1. The second-order valence-electron chi connectivity index (χ2n) is 4.78. The van der Waals surface area contributed by atoms with E-state index in [1.165, 1.54) is 18.3 Å². The first-order valence-corrected chi connectivity index (χ1v) is 7.94. The van der Waals surface area contributed by atoms with E-state index in [1.807, 2.05) is 5.48 Å². The smallest absolute Gasteiger partial charge is 0.251 e. The Balaban J connectivity index is 2.55. The van der Waals surface area contributed by atoms with Crippen molar-refractivity contribution in [3.05, 3.63) is 11.6 Å². The van der Waals surface area contributed by atoms with Gasteiger partial charge in [-0.2, -0.15) is 0 Å². The third-order valence-corrected chi connectivity index (χ3v) is 3.67. The maximum absolute atomic E-state index is 12.2. The van der Waals surface area contributed by atoms with Gasteiger partial charge in [-0.1, -0.05) is 0 Å². The molecule has 4 N–H and O–H groups in total. The van der Waals surface area contributed by atoms with Crippen LogP contribution >= 0.6 is 11.3 Å². The van der Waals surface area contributed by atoms with Crippen LogP contribution in [0.15, 0.2) is 16.6 Å². The number of amides is 2. The van der Waals surface area contributed by atoms with E-state index in [9.17, 15) is 14.8 Å². The van der Waals surface area contributed by atoms with Gasteiger partial charge in [-0.3, -0.25) is 30.5 Å². The molecular weight excluding hydrogens is 322 g/mol. The number of rotatable bonds is 8. The zero-order valence-corrected chi connectivity index (χ0v) is 13.8. The third-order valence-electron chi connectivity index (χ3n) is 2.98. The zero-order valence-electron chi connectivity index (χ0n) is 13.0. The third kappa shape index (κ3) is 6.72. The molecule has 1 heterocycles. The maximum Gasteiger partial charge on any atom is 0.251 e. The van der Waals surface area contributed by atoms with E-state index in [2.05, 4.69) is 15.3 Å². The Bertz CT molecular complexity index is 534. The quantitative estimate of drug-likeness (QED) is 0.185. The molecule has 0 aliphatic heterocycles. The molecule has 0 radical (unpaired) electrons. The van der Waals surface area contributed by atoms with Crippen LogP contribution in [0, 0.1) is 0 Å². The van der Waals surface area contributed by atoms with Crippen molar-refractivity contribution >= 4 is 34.1 Å². The monoisotopic (exact) mass is 343 g/mol. The van der Waals surface area contributed by atoms with Gasteiger partial charge in [0.25, 0.3) is 5.91 Å². The standard InChI is InChI=1S/C13H21N5O4S/c1-9(17-21)14-6-4-3-5-11(18(22)10(2)19)12(20)16-13-15-7-8-23-13/h7-8,11,21-22H,3-6H2,1-2H3,(H,14,17)(H,15,16,20). The van der Waals surface area contributed by atoms with Crippen LogP contribution in [0.2, 0.25) is 0 Å². The summed E-state index contributed by atoms with van der Waals surface area (Å²) in [5.74, 6) is -0.701. The minimum absolute atomic E-state index is 0.286. The van der Waals surface area contributed by atoms with Gasteiger partial charge >= 0.3 is 0 Å². The molecular formula is C13H21N5O4S. The second-order valence-corrected chi connectivity index (χ2v) is 5.68. The predicted molar refractivity (Wildman–Crippen MR) is 85.6 cm³/mol.